The van der Waals surface area contributed by atoms with Crippen LogP contribution in [0, 0.1) is 23.7 Å². The second kappa shape index (κ2) is 3.12. The number of hydrogen-bond acceptors (Lipinski definition) is 3. The fraction of sp³-hybridized carbons (Fsp3) is 0.600. The maximum atomic E-state index is 11.4. The van der Waals surface area contributed by atoms with Crippen LogP contribution >= 0.6 is 0 Å². The molecule has 2 aliphatic carbocycles. The van der Waals surface area contributed by atoms with Gasteiger partial charge in [0.1, 0.15) is 0 Å². The van der Waals surface area contributed by atoms with Crippen LogP contribution in [-0.2, 0) is 14.3 Å². The number of methoxy groups -OCH3 is 1. The van der Waals surface area contributed by atoms with Gasteiger partial charge in [-0.25, -0.2) is 0 Å². The maximum absolute atomic E-state index is 11.4. The second-order valence-corrected chi connectivity index (χ2v) is 3.86. The molecule has 0 radical (unpaired) electrons. The van der Waals surface area contributed by atoms with Crippen LogP contribution in [0.4, 0.5) is 0 Å². The molecule has 1 N–H and O–H groups in total. The Kier molecular flexibility index (Phi) is 2.06. The Balaban J connectivity index is 2.26. The molecule has 3 unspecified atom stereocenters. The van der Waals surface area contributed by atoms with E-state index in [0.717, 1.165) is 6.42 Å². The number of carboxylic acids is 1. The van der Waals surface area contributed by atoms with Gasteiger partial charge in [0.2, 0.25) is 0 Å². The lowest BCUT2D eigenvalue weighted by Crippen LogP contribution is -2.33. The first-order valence-corrected chi connectivity index (χ1v) is 4.64. The van der Waals surface area contributed by atoms with E-state index in [1.54, 1.807) is 0 Å². The van der Waals surface area contributed by atoms with E-state index in [9.17, 15) is 9.59 Å². The van der Waals surface area contributed by atoms with Gasteiger partial charge in [-0.1, -0.05) is 12.2 Å². The summed E-state index contributed by atoms with van der Waals surface area (Å²) in [6.07, 6.45) is 4.62. The fourth-order valence-corrected chi connectivity index (χ4v) is 2.62. The van der Waals surface area contributed by atoms with Gasteiger partial charge >= 0.3 is 11.9 Å². The zero-order valence-electron chi connectivity index (χ0n) is 7.84. The second-order valence-electron chi connectivity index (χ2n) is 3.86. The summed E-state index contributed by atoms with van der Waals surface area (Å²) in [6.45, 7) is 0. The lowest BCUT2D eigenvalue weighted by molar-refractivity contribution is -0.156. The van der Waals surface area contributed by atoms with Crippen molar-refractivity contribution in [1.82, 2.24) is 0 Å². The number of carbonyl (C=O) groups is 2. The smallest absolute Gasteiger partial charge is 0.310 e. The molecule has 0 saturated heterocycles. The van der Waals surface area contributed by atoms with Crippen molar-refractivity contribution in [2.45, 2.75) is 6.42 Å². The Bertz CT molecular complexity index is 307. The first kappa shape index (κ1) is 9.24. The fourth-order valence-electron chi connectivity index (χ4n) is 2.62. The van der Waals surface area contributed by atoms with Crippen LogP contribution in [0.1, 0.15) is 6.42 Å². The molecule has 0 heterocycles. The van der Waals surface area contributed by atoms with Gasteiger partial charge in [-0.05, 0) is 18.3 Å². The van der Waals surface area contributed by atoms with Crippen LogP contribution in [0.5, 0.6) is 0 Å². The van der Waals surface area contributed by atoms with Crippen LogP contribution in [0.3, 0.4) is 0 Å². The van der Waals surface area contributed by atoms with Gasteiger partial charge in [0, 0.05) is 0 Å². The van der Waals surface area contributed by atoms with Gasteiger partial charge in [0.25, 0.3) is 0 Å². The number of rotatable bonds is 2. The molecule has 76 valence electrons. The minimum absolute atomic E-state index is 0.0154. The molecule has 4 atom stereocenters. The highest BCUT2D eigenvalue weighted by atomic mass is 16.5. The summed E-state index contributed by atoms with van der Waals surface area (Å²) >= 11 is 0. The van der Waals surface area contributed by atoms with Crippen LogP contribution in [0.25, 0.3) is 0 Å². The van der Waals surface area contributed by atoms with Crippen LogP contribution in [0.2, 0.25) is 0 Å². The molecular weight excluding hydrogens is 184 g/mol. The van der Waals surface area contributed by atoms with E-state index in [1.807, 2.05) is 12.2 Å². The number of allylic oxidation sites excluding steroid dienone is 2. The highest BCUT2D eigenvalue weighted by Crippen LogP contribution is 2.48. The molecule has 4 nitrogen and oxygen atoms in total. The highest BCUT2D eigenvalue weighted by molar-refractivity contribution is 5.83. The summed E-state index contributed by atoms with van der Waals surface area (Å²) < 4.78 is 4.63. The van der Waals surface area contributed by atoms with E-state index in [2.05, 4.69) is 4.74 Å². The third-order valence-electron chi connectivity index (χ3n) is 3.22. The van der Waals surface area contributed by atoms with Gasteiger partial charge < -0.3 is 9.84 Å². The standard InChI is InChI=1S/C10H12O4/c1-14-10(13)8-6-3-2-5(4-6)7(8)9(11)12/h2-3,5-8H,4H2,1H3,(H,11,12)/t5?,6?,7-,8?/m1/s1. The number of carboxylic acid groups (broad SMARTS) is 1. The Labute approximate surface area is 81.6 Å². The Morgan fingerprint density at radius 2 is 1.86 bits per heavy atom. The first-order chi connectivity index (χ1) is 6.65. The van der Waals surface area contributed by atoms with Crippen LogP contribution in [-0.4, -0.2) is 24.2 Å². The Morgan fingerprint density at radius 1 is 1.29 bits per heavy atom. The normalized spacial score (nSPS) is 38.6. The molecule has 4 heteroatoms. The average Bonchev–Trinajstić information content (AvgIpc) is 2.74. The minimum atomic E-state index is -0.891. The molecule has 1 saturated carbocycles. The largest absolute Gasteiger partial charge is 0.481 e. The van der Waals surface area contributed by atoms with Gasteiger partial charge in [-0.15, -0.1) is 0 Å². The Hall–Kier alpha value is -1.32. The number of esters is 1. The summed E-state index contributed by atoms with van der Waals surface area (Å²) in [5.41, 5.74) is 0. The predicted molar refractivity (Wildman–Crippen MR) is 47.4 cm³/mol. The van der Waals surface area contributed by atoms with E-state index < -0.39 is 23.8 Å². The molecule has 14 heavy (non-hydrogen) atoms. The van der Waals surface area contributed by atoms with Crippen LogP contribution < -0.4 is 0 Å². The molecule has 2 rings (SSSR count). The summed E-state index contributed by atoms with van der Waals surface area (Å²) in [4.78, 5) is 22.4. The predicted octanol–water partition coefficient (Wildman–Crippen LogP) is 0.682. The number of carbonyl (C=O) groups excluding carboxylic acids is 1. The number of ether oxygens (including phenoxy) is 1. The van der Waals surface area contributed by atoms with E-state index >= 15 is 0 Å². The summed E-state index contributed by atoms with van der Waals surface area (Å²) in [7, 11) is 1.30. The number of aliphatic carboxylic acids is 1. The van der Waals surface area contributed by atoms with E-state index in [4.69, 9.17) is 5.11 Å². The van der Waals surface area contributed by atoms with Crippen molar-refractivity contribution in [1.29, 1.82) is 0 Å². The van der Waals surface area contributed by atoms with Crippen molar-refractivity contribution >= 4 is 11.9 Å². The topological polar surface area (TPSA) is 63.6 Å². The van der Waals surface area contributed by atoms with Gasteiger partial charge in [0.15, 0.2) is 0 Å². The third-order valence-corrected chi connectivity index (χ3v) is 3.22. The van der Waals surface area contributed by atoms with Crippen molar-refractivity contribution in [2.75, 3.05) is 7.11 Å². The zero-order valence-corrected chi connectivity index (χ0v) is 7.84. The summed E-state index contributed by atoms with van der Waals surface area (Å²) in [6, 6.07) is 0. The van der Waals surface area contributed by atoms with Crippen molar-refractivity contribution in [3.8, 4) is 0 Å². The average molecular weight is 196 g/mol. The maximum Gasteiger partial charge on any atom is 0.310 e. The van der Waals surface area contributed by atoms with Crippen molar-refractivity contribution in [2.24, 2.45) is 23.7 Å². The molecule has 0 aliphatic heterocycles. The van der Waals surface area contributed by atoms with Gasteiger partial charge in [-0.3, -0.25) is 9.59 Å². The molecule has 0 aromatic carbocycles. The Morgan fingerprint density at radius 3 is 2.36 bits per heavy atom. The van der Waals surface area contributed by atoms with E-state index in [1.165, 1.54) is 7.11 Å². The van der Waals surface area contributed by atoms with Gasteiger partial charge in [-0.2, -0.15) is 0 Å². The highest BCUT2D eigenvalue weighted by Gasteiger charge is 2.52. The molecule has 2 aliphatic rings. The monoisotopic (exact) mass is 196 g/mol. The summed E-state index contributed by atoms with van der Waals surface area (Å²) in [5, 5.41) is 9.01. The number of fused-ring (bicyclic) bond motifs is 2. The molecule has 0 aromatic rings. The third kappa shape index (κ3) is 1.14. The molecule has 0 aromatic heterocycles. The first-order valence-electron chi connectivity index (χ1n) is 4.64. The lowest BCUT2D eigenvalue weighted by atomic mass is 9.83. The zero-order chi connectivity index (χ0) is 10.3. The molecule has 0 spiro atoms. The molecular formula is C10H12O4. The van der Waals surface area contributed by atoms with E-state index in [-0.39, 0.29) is 11.8 Å². The number of hydrogen-bond donors (Lipinski definition) is 1. The lowest BCUT2D eigenvalue weighted by Gasteiger charge is -2.21. The molecule has 1 fully saturated rings. The van der Waals surface area contributed by atoms with Crippen molar-refractivity contribution in [3.63, 3.8) is 0 Å². The SMILES string of the molecule is COC(=O)C1C2C=CC(C2)[C@H]1C(=O)O. The van der Waals surface area contributed by atoms with E-state index in [0.29, 0.717) is 0 Å². The quantitative estimate of drug-likeness (QED) is 0.521. The van der Waals surface area contributed by atoms with Gasteiger partial charge in [0.05, 0.1) is 18.9 Å². The van der Waals surface area contributed by atoms with Crippen molar-refractivity contribution < 1.29 is 19.4 Å². The van der Waals surface area contributed by atoms with Crippen LogP contribution in [0.15, 0.2) is 12.2 Å². The van der Waals surface area contributed by atoms with Crippen molar-refractivity contribution in [3.05, 3.63) is 12.2 Å². The summed E-state index contributed by atoms with van der Waals surface area (Å²) in [5.74, 6) is -2.27. The molecule has 2 bridgehead atoms. The minimum Gasteiger partial charge on any atom is -0.481 e. The molecule has 0 amide bonds.